The molecule has 0 unspecified atom stereocenters. The van der Waals surface area contributed by atoms with Crippen molar-refractivity contribution in [3.05, 3.63) is 23.8 Å². The largest absolute Gasteiger partial charge is 0.493 e. The molecule has 1 aromatic rings. The Morgan fingerprint density at radius 3 is 2.43 bits per heavy atom. The van der Waals surface area contributed by atoms with E-state index in [1.54, 1.807) is 13.3 Å². The molecule has 6 heteroatoms. The first kappa shape index (κ1) is 21.0. The van der Waals surface area contributed by atoms with Crippen LogP contribution in [0.4, 0.5) is 0 Å². The summed E-state index contributed by atoms with van der Waals surface area (Å²) in [6, 6.07) is 5.55. The van der Waals surface area contributed by atoms with Crippen LogP contribution in [0, 0.1) is 23.2 Å². The van der Waals surface area contributed by atoms with Gasteiger partial charge in [-0.25, -0.2) is 0 Å². The van der Waals surface area contributed by atoms with E-state index in [1.165, 1.54) is 38.5 Å². The average Bonchev–Trinajstić information content (AvgIpc) is 2.69. The number of hydrogen-bond acceptors (Lipinski definition) is 5. The van der Waals surface area contributed by atoms with E-state index < -0.39 is 0 Å². The molecule has 0 atom stereocenters. The van der Waals surface area contributed by atoms with Crippen LogP contribution >= 0.6 is 0 Å². The Hall–Kier alpha value is -2.24. The number of ether oxygens (including phenoxy) is 2. The molecule has 5 rings (SSSR count). The highest BCUT2D eigenvalue weighted by Crippen LogP contribution is 2.59. The third-order valence-electron chi connectivity index (χ3n) is 6.85. The number of hydrogen-bond donors (Lipinski definition) is 1. The summed E-state index contributed by atoms with van der Waals surface area (Å²) in [7, 11) is 1.61. The average molecular weight is 415 g/mol. The van der Waals surface area contributed by atoms with Crippen LogP contribution in [0.5, 0.6) is 11.5 Å². The van der Waals surface area contributed by atoms with Crippen LogP contribution in [0.15, 0.2) is 23.4 Å². The number of oxime groups is 1. The molecule has 0 saturated heterocycles. The van der Waals surface area contributed by atoms with E-state index >= 15 is 0 Å². The summed E-state index contributed by atoms with van der Waals surface area (Å²) in [5.41, 5.74) is 1.15. The molecule has 1 aromatic carbocycles. The van der Waals surface area contributed by atoms with Gasteiger partial charge in [0.1, 0.15) is 0 Å². The number of rotatable bonds is 9. The molecule has 6 nitrogen and oxygen atoms in total. The molecule has 1 amide bonds. The minimum atomic E-state index is -0.0962. The van der Waals surface area contributed by atoms with Crippen LogP contribution < -0.4 is 14.8 Å². The number of carbonyl (C=O) groups excluding carboxylic acids is 1. The Labute approximate surface area is 179 Å². The van der Waals surface area contributed by atoms with E-state index in [0.29, 0.717) is 16.9 Å². The number of carbonyl (C=O) groups is 1. The van der Waals surface area contributed by atoms with Crippen molar-refractivity contribution in [2.45, 2.75) is 58.5 Å². The van der Waals surface area contributed by atoms with Gasteiger partial charge in [-0.15, -0.1) is 0 Å². The molecule has 4 saturated carbocycles. The second-order valence-corrected chi connectivity index (χ2v) is 9.78. The number of nitrogens with zero attached hydrogens (tertiary/aromatic N) is 1. The van der Waals surface area contributed by atoms with E-state index in [1.807, 2.05) is 32.0 Å². The molecule has 4 fully saturated rings. The first-order valence-electron chi connectivity index (χ1n) is 11.2. The Morgan fingerprint density at radius 1 is 1.17 bits per heavy atom. The van der Waals surface area contributed by atoms with Gasteiger partial charge in [-0.1, -0.05) is 5.16 Å². The van der Waals surface area contributed by atoms with Crippen LogP contribution in [0.2, 0.25) is 0 Å². The zero-order chi connectivity index (χ0) is 21.1. The monoisotopic (exact) mass is 414 g/mol. The van der Waals surface area contributed by atoms with Crippen molar-refractivity contribution in [1.29, 1.82) is 0 Å². The van der Waals surface area contributed by atoms with Crippen molar-refractivity contribution in [3.63, 3.8) is 0 Å². The highest BCUT2D eigenvalue weighted by atomic mass is 16.6. The predicted molar refractivity (Wildman–Crippen MR) is 116 cm³/mol. The standard InChI is InChI=1S/C24H34N2O4/c1-16(2)30-21-5-4-17(9-22(21)28-3)13-26-29-14-23(27)25-15-24-10-18-6-19(11-24)8-20(7-18)12-24/h4-5,9,13,16,18-20H,6-8,10-12,14-15H2,1-3H3,(H,25,27)/b26-13-. The topological polar surface area (TPSA) is 69.2 Å². The first-order valence-corrected chi connectivity index (χ1v) is 11.2. The Balaban J connectivity index is 1.22. The van der Waals surface area contributed by atoms with E-state index in [2.05, 4.69) is 10.5 Å². The molecule has 30 heavy (non-hydrogen) atoms. The van der Waals surface area contributed by atoms with Crippen LogP contribution in [-0.2, 0) is 9.63 Å². The van der Waals surface area contributed by atoms with Gasteiger partial charge in [-0.2, -0.15) is 0 Å². The Kier molecular flexibility index (Phi) is 6.21. The number of nitrogens with one attached hydrogen (secondary N) is 1. The third kappa shape index (κ3) is 4.90. The van der Waals surface area contributed by atoms with Gasteiger partial charge in [0.05, 0.1) is 19.4 Å². The van der Waals surface area contributed by atoms with Crippen LogP contribution in [-0.4, -0.2) is 38.5 Å². The fourth-order valence-corrected chi connectivity index (χ4v) is 6.15. The summed E-state index contributed by atoms with van der Waals surface area (Å²) in [4.78, 5) is 17.5. The lowest BCUT2D eigenvalue weighted by Gasteiger charge is -2.56. The minimum absolute atomic E-state index is 0.0610. The van der Waals surface area contributed by atoms with Crippen LogP contribution in [0.3, 0.4) is 0 Å². The summed E-state index contributed by atoms with van der Waals surface area (Å²) in [5.74, 6) is 3.91. The quantitative estimate of drug-likeness (QED) is 0.486. The molecular weight excluding hydrogens is 380 g/mol. The van der Waals surface area contributed by atoms with Crippen LogP contribution in [0.1, 0.15) is 57.9 Å². The molecule has 4 aliphatic rings. The Morgan fingerprint density at radius 2 is 1.83 bits per heavy atom. The van der Waals surface area contributed by atoms with Crippen molar-refractivity contribution >= 4 is 12.1 Å². The van der Waals surface area contributed by atoms with Gasteiger partial charge in [-0.05, 0) is 93.7 Å². The second kappa shape index (κ2) is 8.86. The molecule has 4 aliphatic carbocycles. The number of benzene rings is 1. The lowest BCUT2D eigenvalue weighted by molar-refractivity contribution is -0.127. The van der Waals surface area contributed by atoms with Gasteiger partial charge in [0.25, 0.3) is 5.91 Å². The molecule has 0 heterocycles. The minimum Gasteiger partial charge on any atom is -0.493 e. The van der Waals surface area contributed by atoms with Crippen molar-refractivity contribution in [1.82, 2.24) is 5.32 Å². The number of methoxy groups -OCH3 is 1. The fraction of sp³-hybridized carbons (Fsp3) is 0.667. The maximum atomic E-state index is 12.2. The van der Waals surface area contributed by atoms with E-state index in [9.17, 15) is 4.79 Å². The molecule has 0 spiro atoms. The van der Waals surface area contributed by atoms with Gasteiger partial charge in [0.15, 0.2) is 18.1 Å². The molecule has 0 aliphatic heterocycles. The van der Waals surface area contributed by atoms with Gasteiger partial charge >= 0.3 is 0 Å². The SMILES string of the molecule is COc1cc(/C=N\OCC(=O)NCC23CC4CC(CC(C4)C2)C3)ccc1OC(C)C. The maximum absolute atomic E-state index is 12.2. The van der Waals surface area contributed by atoms with Crippen molar-refractivity contribution in [2.24, 2.45) is 28.3 Å². The summed E-state index contributed by atoms with van der Waals surface area (Å²) in [5, 5.41) is 7.05. The van der Waals surface area contributed by atoms with Gasteiger partial charge in [-0.3, -0.25) is 4.79 Å². The molecule has 4 bridgehead atoms. The van der Waals surface area contributed by atoms with Gasteiger partial charge in [0.2, 0.25) is 0 Å². The summed E-state index contributed by atoms with van der Waals surface area (Å²) >= 11 is 0. The highest BCUT2D eigenvalue weighted by Gasteiger charge is 2.50. The van der Waals surface area contributed by atoms with Gasteiger partial charge < -0.3 is 19.6 Å². The van der Waals surface area contributed by atoms with E-state index in [4.69, 9.17) is 14.3 Å². The molecule has 0 aromatic heterocycles. The molecule has 164 valence electrons. The summed E-state index contributed by atoms with van der Waals surface area (Å²) in [6.45, 7) is 4.67. The highest BCUT2D eigenvalue weighted by molar-refractivity contribution is 5.81. The zero-order valence-electron chi connectivity index (χ0n) is 18.4. The van der Waals surface area contributed by atoms with Crippen molar-refractivity contribution in [3.8, 4) is 11.5 Å². The predicted octanol–water partition coefficient (Wildman–Crippen LogP) is 4.17. The van der Waals surface area contributed by atoms with Crippen LogP contribution in [0.25, 0.3) is 0 Å². The first-order chi connectivity index (χ1) is 14.4. The fourth-order valence-electron chi connectivity index (χ4n) is 6.15. The summed E-state index contributed by atoms with van der Waals surface area (Å²) in [6.07, 6.45) is 9.76. The van der Waals surface area contributed by atoms with E-state index in [0.717, 1.165) is 29.9 Å². The Bertz CT molecular complexity index is 754. The molecule has 1 N–H and O–H groups in total. The van der Waals surface area contributed by atoms with Gasteiger partial charge in [0, 0.05) is 12.1 Å². The van der Waals surface area contributed by atoms with Crippen molar-refractivity contribution in [2.75, 3.05) is 20.3 Å². The smallest absolute Gasteiger partial charge is 0.260 e. The van der Waals surface area contributed by atoms with Crippen molar-refractivity contribution < 1.29 is 19.1 Å². The van der Waals surface area contributed by atoms with E-state index in [-0.39, 0.29) is 18.6 Å². The lowest BCUT2D eigenvalue weighted by atomic mass is 9.49. The zero-order valence-corrected chi connectivity index (χ0v) is 18.4. The molecular formula is C24H34N2O4. The second-order valence-electron chi connectivity index (χ2n) is 9.78. The number of amides is 1. The molecule has 0 radical (unpaired) electrons. The third-order valence-corrected chi connectivity index (χ3v) is 6.85. The maximum Gasteiger partial charge on any atom is 0.260 e. The summed E-state index contributed by atoms with van der Waals surface area (Å²) < 4.78 is 11.1. The normalized spacial score (nSPS) is 29.4. The lowest BCUT2D eigenvalue weighted by Crippen LogP contribution is -2.51.